The maximum absolute atomic E-state index is 13.8. The van der Waals surface area contributed by atoms with E-state index in [9.17, 15) is 9.18 Å². The molecule has 1 fully saturated rings. The lowest BCUT2D eigenvalue weighted by Gasteiger charge is -2.15. The minimum atomic E-state index is -0.413. The fourth-order valence-corrected chi connectivity index (χ4v) is 2.37. The maximum atomic E-state index is 13.8. The summed E-state index contributed by atoms with van der Waals surface area (Å²) >= 11 is 4.79. The predicted octanol–water partition coefficient (Wildman–Crippen LogP) is 1.88. The van der Waals surface area contributed by atoms with Gasteiger partial charge in [0.25, 0.3) is 0 Å². The zero-order valence-corrected chi connectivity index (χ0v) is 12.0. The van der Waals surface area contributed by atoms with Gasteiger partial charge in [-0.1, -0.05) is 12.2 Å². The standard InChI is InChI=1S/C14H18FN3OS/c15-11-9-10(14(16)20)3-4-12(11)17-6-5-13(19)18-7-1-2-8-18/h3-4,9,17H,1-2,5-8H2,(H2,16,20). The van der Waals surface area contributed by atoms with E-state index in [1.165, 1.54) is 6.07 Å². The second-order valence-electron chi connectivity index (χ2n) is 4.82. The zero-order chi connectivity index (χ0) is 14.5. The number of thiocarbonyl (C=S) groups is 1. The van der Waals surface area contributed by atoms with Crippen LogP contribution < -0.4 is 11.1 Å². The number of nitrogens with zero attached hydrogens (tertiary/aromatic N) is 1. The van der Waals surface area contributed by atoms with Gasteiger partial charge in [-0.05, 0) is 31.0 Å². The lowest BCUT2D eigenvalue weighted by atomic mass is 10.2. The maximum Gasteiger partial charge on any atom is 0.224 e. The number of anilines is 1. The van der Waals surface area contributed by atoms with Crippen molar-refractivity contribution in [3.8, 4) is 0 Å². The Balaban J connectivity index is 1.84. The monoisotopic (exact) mass is 295 g/mol. The Kier molecular flexibility index (Phi) is 4.89. The van der Waals surface area contributed by atoms with E-state index in [-0.39, 0.29) is 10.9 Å². The van der Waals surface area contributed by atoms with E-state index in [4.69, 9.17) is 18.0 Å². The highest BCUT2D eigenvalue weighted by Gasteiger charge is 2.17. The number of hydrogen-bond donors (Lipinski definition) is 2. The predicted molar refractivity (Wildman–Crippen MR) is 81.2 cm³/mol. The summed E-state index contributed by atoms with van der Waals surface area (Å²) < 4.78 is 13.8. The fraction of sp³-hybridized carbons (Fsp3) is 0.429. The number of hydrogen-bond acceptors (Lipinski definition) is 3. The molecule has 2 rings (SSSR count). The van der Waals surface area contributed by atoms with Gasteiger partial charge in [0.05, 0.1) is 5.69 Å². The summed E-state index contributed by atoms with van der Waals surface area (Å²) in [7, 11) is 0. The van der Waals surface area contributed by atoms with Gasteiger partial charge in [0.2, 0.25) is 5.91 Å². The quantitative estimate of drug-likeness (QED) is 0.814. The third kappa shape index (κ3) is 3.66. The van der Waals surface area contributed by atoms with E-state index in [2.05, 4.69) is 5.32 Å². The Morgan fingerprint density at radius 2 is 2.10 bits per heavy atom. The van der Waals surface area contributed by atoms with Gasteiger partial charge >= 0.3 is 0 Å². The van der Waals surface area contributed by atoms with Crippen LogP contribution in [-0.2, 0) is 4.79 Å². The molecule has 3 N–H and O–H groups in total. The van der Waals surface area contributed by atoms with Crippen molar-refractivity contribution >= 4 is 28.8 Å². The molecular formula is C14H18FN3OS. The number of amides is 1. The Hall–Kier alpha value is -1.69. The number of halogens is 1. The van der Waals surface area contributed by atoms with E-state index in [1.54, 1.807) is 12.1 Å². The molecule has 1 heterocycles. The molecule has 1 aromatic rings. The summed E-state index contributed by atoms with van der Waals surface area (Å²) in [5.74, 6) is -0.293. The average molecular weight is 295 g/mol. The first-order chi connectivity index (χ1) is 9.58. The largest absolute Gasteiger partial charge is 0.389 e. The summed E-state index contributed by atoms with van der Waals surface area (Å²) in [6, 6.07) is 4.55. The molecule has 1 saturated heterocycles. The van der Waals surface area contributed by atoms with Crippen molar-refractivity contribution in [1.29, 1.82) is 0 Å². The Bertz CT molecular complexity index is 515. The molecule has 0 saturated carbocycles. The number of likely N-dealkylation sites (tertiary alicyclic amines) is 1. The third-order valence-electron chi connectivity index (χ3n) is 3.37. The van der Waals surface area contributed by atoms with Gasteiger partial charge in [-0.25, -0.2) is 4.39 Å². The van der Waals surface area contributed by atoms with E-state index >= 15 is 0 Å². The van der Waals surface area contributed by atoms with Crippen molar-refractivity contribution in [2.24, 2.45) is 5.73 Å². The molecule has 108 valence electrons. The van der Waals surface area contributed by atoms with Crippen LogP contribution in [0.5, 0.6) is 0 Å². The molecule has 20 heavy (non-hydrogen) atoms. The highest BCUT2D eigenvalue weighted by molar-refractivity contribution is 7.80. The molecule has 1 aliphatic heterocycles. The second-order valence-corrected chi connectivity index (χ2v) is 5.26. The molecule has 4 nitrogen and oxygen atoms in total. The van der Waals surface area contributed by atoms with E-state index < -0.39 is 5.82 Å². The second kappa shape index (κ2) is 6.65. The SMILES string of the molecule is NC(=S)c1ccc(NCCC(=O)N2CCCC2)c(F)c1. The first kappa shape index (κ1) is 14.7. The molecule has 0 radical (unpaired) electrons. The fourth-order valence-electron chi connectivity index (χ4n) is 2.24. The van der Waals surface area contributed by atoms with Crippen molar-refractivity contribution in [2.75, 3.05) is 25.0 Å². The van der Waals surface area contributed by atoms with E-state index in [0.717, 1.165) is 25.9 Å². The average Bonchev–Trinajstić information content (AvgIpc) is 2.94. The summed E-state index contributed by atoms with van der Waals surface area (Å²) in [6.45, 7) is 2.10. The molecule has 1 aromatic carbocycles. The van der Waals surface area contributed by atoms with Gasteiger partial charge < -0.3 is 16.0 Å². The van der Waals surface area contributed by atoms with E-state index in [0.29, 0.717) is 24.2 Å². The molecule has 0 bridgehead atoms. The molecule has 0 aromatic heterocycles. The van der Waals surface area contributed by atoms with Gasteiger partial charge in [0.15, 0.2) is 0 Å². The van der Waals surface area contributed by atoms with Crippen LogP contribution in [0.3, 0.4) is 0 Å². The zero-order valence-electron chi connectivity index (χ0n) is 11.2. The van der Waals surface area contributed by atoms with Crippen LogP contribution in [0.4, 0.5) is 10.1 Å². The van der Waals surface area contributed by atoms with Crippen LogP contribution in [0.1, 0.15) is 24.8 Å². The van der Waals surface area contributed by atoms with Crippen molar-refractivity contribution in [3.05, 3.63) is 29.6 Å². The van der Waals surface area contributed by atoms with Crippen molar-refractivity contribution in [2.45, 2.75) is 19.3 Å². The number of carbonyl (C=O) groups excluding carboxylic acids is 1. The third-order valence-corrected chi connectivity index (χ3v) is 3.60. The van der Waals surface area contributed by atoms with Gasteiger partial charge in [0.1, 0.15) is 10.8 Å². The summed E-state index contributed by atoms with van der Waals surface area (Å²) in [6.07, 6.45) is 2.53. The van der Waals surface area contributed by atoms with Crippen LogP contribution in [-0.4, -0.2) is 35.4 Å². The minimum Gasteiger partial charge on any atom is -0.389 e. The topological polar surface area (TPSA) is 58.4 Å². The lowest BCUT2D eigenvalue weighted by Crippen LogP contribution is -2.29. The van der Waals surface area contributed by atoms with Crippen LogP contribution >= 0.6 is 12.2 Å². The smallest absolute Gasteiger partial charge is 0.224 e. The normalized spacial score (nSPS) is 14.3. The van der Waals surface area contributed by atoms with Gasteiger partial charge in [-0.15, -0.1) is 0 Å². The summed E-state index contributed by atoms with van der Waals surface area (Å²) in [4.78, 5) is 13.8. The van der Waals surface area contributed by atoms with Crippen molar-refractivity contribution in [3.63, 3.8) is 0 Å². The number of benzene rings is 1. The summed E-state index contributed by atoms with van der Waals surface area (Å²) in [5.41, 5.74) is 6.29. The first-order valence-corrected chi connectivity index (χ1v) is 7.10. The molecule has 1 amide bonds. The highest BCUT2D eigenvalue weighted by atomic mass is 32.1. The van der Waals surface area contributed by atoms with Crippen LogP contribution in [0.2, 0.25) is 0 Å². The molecule has 0 spiro atoms. The molecular weight excluding hydrogens is 277 g/mol. The molecule has 1 aliphatic rings. The van der Waals surface area contributed by atoms with Crippen LogP contribution in [0.25, 0.3) is 0 Å². The molecule has 0 unspecified atom stereocenters. The van der Waals surface area contributed by atoms with Crippen molar-refractivity contribution < 1.29 is 9.18 Å². The van der Waals surface area contributed by atoms with Crippen LogP contribution in [0, 0.1) is 5.82 Å². The first-order valence-electron chi connectivity index (χ1n) is 6.69. The van der Waals surface area contributed by atoms with Gasteiger partial charge in [0, 0.05) is 31.6 Å². The lowest BCUT2D eigenvalue weighted by molar-refractivity contribution is -0.129. The van der Waals surface area contributed by atoms with Crippen LogP contribution in [0.15, 0.2) is 18.2 Å². The molecule has 0 aliphatic carbocycles. The molecule has 0 atom stereocenters. The Morgan fingerprint density at radius 1 is 1.40 bits per heavy atom. The van der Waals surface area contributed by atoms with Gasteiger partial charge in [-0.3, -0.25) is 4.79 Å². The minimum absolute atomic E-state index is 0.121. The number of carbonyl (C=O) groups is 1. The number of rotatable bonds is 5. The number of nitrogens with one attached hydrogen (secondary N) is 1. The Morgan fingerprint density at radius 3 is 2.70 bits per heavy atom. The van der Waals surface area contributed by atoms with E-state index in [1.807, 2.05) is 4.90 Å². The molecule has 6 heteroatoms. The Labute approximate surface area is 123 Å². The van der Waals surface area contributed by atoms with Gasteiger partial charge in [-0.2, -0.15) is 0 Å². The van der Waals surface area contributed by atoms with Crippen molar-refractivity contribution in [1.82, 2.24) is 4.90 Å². The highest BCUT2D eigenvalue weighted by Crippen LogP contribution is 2.16. The number of nitrogens with two attached hydrogens (primary N) is 1. The summed E-state index contributed by atoms with van der Waals surface area (Å²) in [5, 5.41) is 2.93.